The summed E-state index contributed by atoms with van der Waals surface area (Å²) in [5.41, 5.74) is 0. The molecule has 2 heteroatoms. The maximum absolute atomic E-state index is 5.14. The summed E-state index contributed by atoms with van der Waals surface area (Å²) in [5, 5.41) is 0. The second kappa shape index (κ2) is 5.69. The standard InChI is InChI=1S/C8H19NO/c1-5-9(6-2)7-8(3)10-4/h8H,5-7H2,1-4H3/t8-/m1/s1. The second-order valence-corrected chi connectivity index (χ2v) is 2.53. The van der Waals surface area contributed by atoms with Crippen molar-refractivity contribution >= 4 is 0 Å². The van der Waals surface area contributed by atoms with Crippen LogP contribution < -0.4 is 0 Å². The quantitative estimate of drug-likeness (QED) is 0.579. The fourth-order valence-electron chi connectivity index (χ4n) is 0.920. The molecule has 0 radical (unpaired) electrons. The van der Waals surface area contributed by atoms with Gasteiger partial charge in [-0.2, -0.15) is 0 Å². The lowest BCUT2D eigenvalue weighted by Gasteiger charge is -2.21. The third-order valence-corrected chi connectivity index (χ3v) is 1.81. The summed E-state index contributed by atoms with van der Waals surface area (Å²) in [6.45, 7) is 9.72. The van der Waals surface area contributed by atoms with Gasteiger partial charge in [-0.05, 0) is 20.0 Å². The first-order chi connectivity index (χ1) is 4.74. The minimum atomic E-state index is 0.361. The smallest absolute Gasteiger partial charge is 0.0670 e. The summed E-state index contributed by atoms with van der Waals surface area (Å²) in [7, 11) is 1.76. The van der Waals surface area contributed by atoms with Gasteiger partial charge in [-0.3, -0.25) is 0 Å². The average Bonchev–Trinajstić information content (AvgIpc) is 1.99. The van der Waals surface area contributed by atoms with Gasteiger partial charge in [-0.15, -0.1) is 0 Å². The first kappa shape index (κ1) is 9.92. The van der Waals surface area contributed by atoms with Crippen molar-refractivity contribution in [2.75, 3.05) is 26.7 Å². The van der Waals surface area contributed by atoms with Crippen molar-refractivity contribution < 1.29 is 4.74 Å². The molecule has 0 aromatic carbocycles. The number of rotatable bonds is 5. The predicted octanol–water partition coefficient (Wildman–Crippen LogP) is 1.36. The van der Waals surface area contributed by atoms with E-state index >= 15 is 0 Å². The molecule has 0 bridgehead atoms. The highest BCUT2D eigenvalue weighted by atomic mass is 16.5. The Balaban J connectivity index is 3.41. The molecule has 0 heterocycles. The van der Waals surface area contributed by atoms with Crippen molar-refractivity contribution in [3.05, 3.63) is 0 Å². The average molecular weight is 145 g/mol. The zero-order valence-electron chi connectivity index (χ0n) is 7.55. The van der Waals surface area contributed by atoms with E-state index in [1.165, 1.54) is 0 Å². The molecule has 2 nitrogen and oxygen atoms in total. The molecule has 0 fully saturated rings. The molecule has 0 aliphatic heterocycles. The Morgan fingerprint density at radius 3 is 2.10 bits per heavy atom. The van der Waals surface area contributed by atoms with Crippen molar-refractivity contribution in [3.8, 4) is 0 Å². The molecule has 0 aromatic rings. The molecule has 0 rings (SSSR count). The van der Waals surface area contributed by atoms with Crippen molar-refractivity contribution in [2.24, 2.45) is 0 Å². The molecule has 0 N–H and O–H groups in total. The van der Waals surface area contributed by atoms with Gasteiger partial charge in [0.05, 0.1) is 6.10 Å². The Bertz CT molecular complexity index is 71.7. The number of ether oxygens (including phenoxy) is 1. The lowest BCUT2D eigenvalue weighted by Crippen LogP contribution is -2.31. The molecule has 0 unspecified atom stereocenters. The highest BCUT2D eigenvalue weighted by Gasteiger charge is 2.03. The number of hydrogen-bond donors (Lipinski definition) is 0. The van der Waals surface area contributed by atoms with Gasteiger partial charge >= 0.3 is 0 Å². The van der Waals surface area contributed by atoms with E-state index in [1.54, 1.807) is 7.11 Å². The lowest BCUT2D eigenvalue weighted by atomic mass is 10.3. The minimum Gasteiger partial charge on any atom is -0.380 e. The third-order valence-electron chi connectivity index (χ3n) is 1.81. The largest absolute Gasteiger partial charge is 0.380 e. The van der Waals surface area contributed by atoms with Crippen LogP contribution in [-0.4, -0.2) is 37.7 Å². The van der Waals surface area contributed by atoms with Crippen LogP contribution in [0.25, 0.3) is 0 Å². The lowest BCUT2D eigenvalue weighted by molar-refractivity contribution is 0.0807. The molecule has 0 saturated carbocycles. The van der Waals surface area contributed by atoms with Crippen molar-refractivity contribution in [3.63, 3.8) is 0 Å². The van der Waals surface area contributed by atoms with Gasteiger partial charge in [0, 0.05) is 13.7 Å². The van der Waals surface area contributed by atoms with Crippen molar-refractivity contribution in [1.29, 1.82) is 0 Å². The summed E-state index contributed by atoms with van der Waals surface area (Å²) in [5.74, 6) is 0. The molecule has 10 heavy (non-hydrogen) atoms. The minimum absolute atomic E-state index is 0.361. The summed E-state index contributed by atoms with van der Waals surface area (Å²) in [6.07, 6.45) is 0.361. The molecular formula is C8H19NO. The molecule has 0 aliphatic rings. The van der Waals surface area contributed by atoms with Gasteiger partial charge in [-0.25, -0.2) is 0 Å². The van der Waals surface area contributed by atoms with Crippen LogP contribution in [0.2, 0.25) is 0 Å². The van der Waals surface area contributed by atoms with Crippen LogP contribution >= 0.6 is 0 Å². The zero-order valence-corrected chi connectivity index (χ0v) is 7.55. The number of hydrogen-bond acceptors (Lipinski definition) is 2. The van der Waals surface area contributed by atoms with Gasteiger partial charge in [0.25, 0.3) is 0 Å². The van der Waals surface area contributed by atoms with Crippen LogP contribution in [0.5, 0.6) is 0 Å². The second-order valence-electron chi connectivity index (χ2n) is 2.53. The fourth-order valence-corrected chi connectivity index (χ4v) is 0.920. The topological polar surface area (TPSA) is 12.5 Å². The molecule has 0 aromatic heterocycles. The van der Waals surface area contributed by atoms with Gasteiger partial charge in [0.2, 0.25) is 0 Å². The van der Waals surface area contributed by atoms with Gasteiger partial charge in [-0.1, -0.05) is 13.8 Å². The zero-order chi connectivity index (χ0) is 7.98. The van der Waals surface area contributed by atoms with Crippen LogP contribution in [0.15, 0.2) is 0 Å². The predicted molar refractivity (Wildman–Crippen MR) is 44.3 cm³/mol. The Hall–Kier alpha value is -0.0800. The van der Waals surface area contributed by atoms with E-state index in [0.717, 1.165) is 19.6 Å². The highest BCUT2D eigenvalue weighted by Crippen LogP contribution is 1.93. The van der Waals surface area contributed by atoms with Crippen LogP contribution in [0, 0.1) is 0 Å². The van der Waals surface area contributed by atoms with E-state index < -0.39 is 0 Å². The van der Waals surface area contributed by atoms with Gasteiger partial charge in [0.15, 0.2) is 0 Å². The first-order valence-electron chi connectivity index (χ1n) is 3.99. The Morgan fingerprint density at radius 1 is 1.30 bits per heavy atom. The summed E-state index contributed by atoms with van der Waals surface area (Å²) in [4.78, 5) is 2.36. The Morgan fingerprint density at radius 2 is 1.80 bits per heavy atom. The number of methoxy groups -OCH3 is 1. The Labute approximate surface area is 64.2 Å². The van der Waals surface area contributed by atoms with Crippen LogP contribution in [0.4, 0.5) is 0 Å². The van der Waals surface area contributed by atoms with Crippen LogP contribution in [-0.2, 0) is 4.74 Å². The van der Waals surface area contributed by atoms with E-state index in [1.807, 2.05) is 0 Å². The highest BCUT2D eigenvalue weighted by molar-refractivity contribution is 4.57. The molecular weight excluding hydrogens is 126 g/mol. The maximum atomic E-state index is 5.14. The van der Waals surface area contributed by atoms with Crippen LogP contribution in [0.1, 0.15) is 20.8 Å². The van der Waals surface area contributed by atoms with E-state index in [-0.39, 0.29) is 0 Å². The molecule has 0 spiro atoms. The fraction of sp³-hybridized carbons (Fsp3) is 1.00. The number of nitrogens with zero attached hydrogens (tertiary/aromatic N) is 1. The Kier molecular flexibility index (Phi) is 5.64. The summed E-state index contributed by atoms with van der Waals surface area (Å²) in [6, 6.07) is 0. The van der Waals surface area contributed by atoms with E-state index in [4.69, 9.17) is 4.74 Å². The van der Waals surface area contributed by atoms with Gasteiger partial charge < -0.3 is 9.64 Å². The number of likely N-dealkylation sites (N-methyl/N-ethyl adjacent to an activating group) is 1. The SMILES string of the molecule is CCN(CC)C[C@@H](C)OC. The maximum Gasteiger partial charge on any atom is 0.0670 e. The van der Waals surface area contributed by atoms with E-state index in [9.17, 15) is 0 Å². The summed E-state index contributed by atoms with van der Waals surface area (Å²) >= 11 is 0. The summed E-state index contributed by atoms with van der Waals surface area (Å²) < 4.78 is 5.14. The molecule has 62 valence electrons. The normalized spacial score (nSPS) is 14.1. The van der Waals surface area contributed by atoms with Crippen LogP contribution in [0.3, 0.4) is 0 Å². The van der Waals surface area contributed by atoms with Crippen molar-refractivity contribution in [1.82, 2.24) is 4.90 Å². The monoisotopic (exact) mass is 145 g/mol. The van der Waals surface area contributed by atoms with E-state index in [0.29, 0.717) is 6.10 Å². The molecule has 0 aliphatic carbocycles. The molecule has 1 atom stereocenters. The van der Waals surface area contributed by atoms with Crippen molar-refractivity contribution in [2.45, 2.75) is 26.9 Å². The van der Waals surface area contributed by atoms with Gasteiger partial charge in [0.1, 0.15) is 0 Å². The molecule has 0 saturated heterocycles. The third kappa shape index (κ3) is 3.85. The first-order valence-corrected chi connectivity index (χ1v) is 3.99. The molecule has 0 amide bonds. The van der Waals surface area contributed by atoms with E-state index in [2.05, 4.69) is 25.7 Å².